The molecule has 4 heterocycles. The topological polar surface area (TPSA) is 33.1 Å². The lowest BCUT2D eigenvalue weighted by Gasteiger charge is -2.37. The molecule has 54 heavy (non-hydrogen) atoms. The average Bonchev–Trinajstić information content (AvgIpc) is 3.79. The van der Waals surface area contributed by atoms with E-state index in [1.807, 2.05) is 12.4 Å². The van der Waals surface area contributed by atoms with Crippen molar-refractivity contribution in [3.63, 3.8) is 0 Å². The SMILES string of the molecule is c1ccc(P(c2ccccc2)c2cccc3c2-c2ccccc2N2c4ccc(P(c5ccncc5)n5c6ccccc6c6ccccc65)cc4NC32)cc1. The first-order valence-electron chi connectivity index (χ1n) is 18.3. The highest BCUT2D eigenvalue weighted by Crippen LogP contribution is 2.56. The number of fused-ring (bicyclic) bond motifs is 11. The molecular weight excluding hydrogens is 695 g/mol. The third kappa shape index (κ3) is 4.88. The zero-order chi connectivity index (χ0) is 35.6. The molecule has 2 aliphatic rings. The quantitative estimate of drug-likeness (QED) is 0.173. The van der Waals surface area contributed by atoms with Crippen molar-refractivity contribution >= 4 is 81.4 Å². The number of hydrogen-bond donors (Lipinski definition) is 1. The molecule has 2 unspecified atom stereocenters. The number of rotatable bonds is 6. The van der Waals surface area contributed by atoms with E-state index in [9.17, 15) is 0 Å². The summed E-state index contributed by atoms with van der Waals surface area (Å²) in [6.45, 7) is 0. The molecule has 11 rings (SSSR count). The van der Waals surface area contributed by atoms with Gasteiger partial charge >= 0.3 is 0 Å². The summed E-state index contributed by atoms with van der Waals surface area (Å²) in [5.41, 5.74) is 10.0. The van der Waals surface area contributed by atoms with E-state index in [1.54, 1.807) is 0 Å². The highest BCUT2D eigenvalue weighted by Gasteiger charge is 2.40. The maximum atomic E-state index is 4.42. The van der Waals surface area contributed by atoms with Gasteiger partial charge in [-0.25, -0.2) is 0 Å². The molecule has 6 heteroatoms. The van der Waals surface area contributed by atoms with E-state index in [0.717, 1.165) is 5.69 Å². The summed E-state index contributed by atoms with van der Waals surface area (Å²) in [4.78, 5) is 6.94. The minimum Gasteiger partial charge on any atom is -0.359 e. The molecule has 2 atom stereocenters. The Balaban J connectivity index is 1.09. The van der Waals surface area contributed by atoms with E-state index in [2.05, 4.69) is 202 Å². The fourth-order valence-electron chi connectivity index (χ4n) is 8.54. The Hall–Kier alpha value is -6.05. The average molecular weight is 729 g/mol. The van der Waals surface area contributed by atoms with Crippen LogP contribution in [0.1, 0.15) is 11.7 Å². The van der Waals surface area contributed by atoms with Crippen molar-refractivity contribution in [2.45, 2.75) is 6.17 Å². The summed E-state index contributed by atoms with van der Waals surface area (Å²) in [7, 11) is -1.79. The van der Waals surface area contributed by atoms with Gasteiger partial charge in [0.25, 0.3) is 0 Å². The first-order valence-corrected chi connectivity index (χ1v) is 21.0. The van der Waals surface area contributed by atoms with Crippen molar-refractivity contribution in [3.8, 4) is 11.1 Å². The predicted octanol–water partition coefficient (Wildman–Crippen LogP) is 10.1. The Morgan fingerprint density at radius 2 is 1.13 bits per heavy atom. The van der Waals surface area contributed by atoms with Gasteiger partial charge in [-0.05, 0) is 71.9 Å². The summed E-state index contributed by atoms with van der Waals surface area (Å²) in [5.74, 6) is 0. The number of nitrogens with one attached hydrogen (secondary N) is 1. The molecule has 4 nitrogen and oxygen atoms in total. The van der Waals surface area contributed by atoms with E-state index in [0.29, 0.717) is 0 Å². The number of aromatic nitrogens is 2. The second-order valence-corrected chi connectivity index (χ2v) is 18.0. The predicted molar refractivity (Wildman–Crippen MR) is 231 cm³/mol. The van der Waals surface area contributed by atoms with Crippen LogP contribution < -0.4 is 36.7 Å². The Kier molecular flexibility index (Phi) is 7.47. The zero-order valence-electron chi connectivity index (χ0n) is 29.3. The maximum Gasteiger partial charge on any atom is 0.131 e. The maximum absolute atomic E-state index is 4.42. The van der Waals surface area contributed by atoms with Crippen LogP contribution in [0, 0.1) is 0 Å². The van der Waals surface area contributed by atoms with Gasteiger partial charge in [-0.2, -0.15) is 0 Å². The molecule has 9 aromatic rings. The van der Waals surface area contributed by atoms with E-state index in [-0.39, 0.29) is 6.17 Å². The van der Waals surface area contributed by atoms with Crippen LogP contribution in [-0.4, -0.2) is 9.32 Å². The van der Waals surface area contributed by atoms with Gasteiger partial charge in [-0.15, -0.1) is 0 Å². The molecule has 0 radical (unpaired) electrons. The van der Waals surface area contributed by atoms with Gasteiger partial charge in [0, 0.05) is 44.9 Å². The minimum atomic E-state index is -0.986. The van der Waals surface area contributed by atoms with Crippen LogP contribution in [-0.2, 0) is 0 Å². The third-order valence-electron chi connectivity index (χ3n) is 10.8. The van der Waals surface area contributed by atoms with Crippen molar-refractivity contribution in [2.75, 3.05) is 10.2 Å². The number of anilines is 3. The lowest BCUT2D eigenvalue weighted by molar-refractivity contribution is 0.820. The van der Waals surface area contributed by atoms with E-state index in [1.165, 1.54) is 76.4 Å². The summed E-state index contributed by atoms with van der Waals surface area (Å²) in [6, 6.07) is 67.2. The molecule has 7 aromatic carbocycles. The summed E-state index contributed by atoms with van der Waals surface area (Å²) in [5, 5.41) is 13.3. The highest BCUT2D eigenvalue weighted by atomic mass is 31.1. The molecule has 0 amide bonds. The van der Waals surface area contributed by atoms with Crippen LogP contribution in [0.4, 0.5) is 17.1 Å². The highest BCUT2D eigenvalue weighted by molar-refractivity contribution is 7.80. The summed E-state index contributed by atoms with van der Waals surface area (Å²) < 4.78 is 2.58. The first kappa shape index (κ1) is 31.5. The minimum absolute atomic E-state index is 0.0381. The third-order valence-corrected chi connectivity index (χ3v) is 15.6. The molecule has 0 aliphatic carbocycles. The Labute approximate surface area is 316 Å². The number of para-hydroxylation sites is 3. The molecule has 0 fully saturated rings. The molecule has 0 spiro atoms. The molecule has 0 saturated carbocycles. The fourth-order valence-corrected chi connectivity index (χ4v) is 13.5. The largest absolute Gasteiger partial charge is 0.359 e. The van der Waals surface area contributed by atoms with Crippen molar-refractivity contribution in [3.05, 3.63) is 200 Å². The zero-order valence-corrected chi connectivity index (χ0v) is 31.1. The lowest BCUT2D eigenvalue weighted by Crippen LogP contribution is -2.31. The first-order chi connectivity index (χ1) is 26.8. The van der Waals surface area contributed by atoms with E-state index >= 15 is 0 Å². The van der Waals surface area contributed by atoms with Gasteiger partial charge in [0.15, 0.2) is 0 Å². The number of hydrogen-bond acceptors (Lipinski definition) is 3. The van der Waals surface area contributed by atoms with Crippen LogP contribution in [0.2, 0.25) is 0 Å². The number of nitrogens with zero attached hydrogens (tertiary/aromatic N) is 3. The normalized spacial score (nSPS) is 14.7. The summed E-state index contributed by atoms with van der Waals surface area (Å²) >= 11 is 0. The lowest BCUT2D eigenvalue weighted by atomic mass is 9.91. The van der Waals surface area contributed by atoms with Crippen molar-refractivity contribution < 1.29 is 0 Å². The number of benzene rings is 7. The standard InChI is InChI=1S/C48H34N4P2/c1-3-14-33(15-4-1)53(34-16-5-2-6-17-34)46-25-13-21-40-47(46)39-20-9-10-22-42(39)51-45-27-26-36(32-41(45)50-48(40)51)54(35-28-30-49-31-29-35)52-43-23-11-7-18-37(43)38-19-8-12-24-44(38)52/h1-32,48,50H. The van der Waals surface area contributed by atoms with Gasteiger partial charge in [0.1, 0.15) is 6.17 Å². The Morgan fingerprint density at radius 1 is 0.500 bits per heavy atom. The van der Waals surface area contributed by atoms with Crippen LogP contribution in [0.5, 0.6) is 0 Å². The van der Waals surface area contributed by atoms with E-state index < -0.39 is 16.0 Å². The van der Waals surface area contributed by atoms with Gasteiger partial charge in [-0.3, -0.25) is 4.98 Å². The molecular formula is C48H34N4P2. The number of pyridine rings is 1. The van der Waals surface area contributed by atoms with Gasteiger partial charge in [0.2, 0.25) is 0 Å². The van der Waals surface area contributed by atoms with Crippen molar-refractivity contribution in [1.82, 2.24) is 9.32 Å². The molecule has 0 bridgehead atoms. The van der Waals surface area contributed by atoms with Crippen molar-refractivity contribution in [2.24, 2.45) is 0 Å². The fraction of sp³-hybridized carbons (Fsp3) is 0.0208. The Morgan fingerprint density at radius 3 is 1.83 bits per heavy atom. The Bertz CT molecular complexity index is 2740. The second kappa shape index (κ2) is 12.8. The van der Waals surface area contributed by atoms with Gasteiger partial charge < -0.3 is 14.6 Å². The molecule has 2 aromatic heterocycles. The van der Waals surface area contributed by atoms with Crippen LogP contribution >= 0.6 is 16.0 Å². The molecule has 0 saturated heterocycles. The van der Waals surface area contributed by atoms with Crippen LogP contribution in [0.3, 0.4) is 0 Å². The van der Waals surface area contributed by atoms with Gasteiger partial charge in [0.05, 0.1) is 36.2 Å². The smallest absolute Gasteiger partial charge is 0.131 e. The summed E-state index contributed by atoms with van der Waals surface area (Å²) in [6.07, 6.45) is 3.81. The van der Waals surface area contributed by atoms with Crippen LogP contribution in [0.15, 0.2) is 194 Å². The van der Waals surface area contributed by atoms with Gasteiger partial charge in [-0.1, -0.05) is 140 Å². The second-order valence-electron chi connectivity index (χ2n) is 13.7. The molecule has 1 N–H and O–H groups in total. The monoisotopic (exact) mass is 728 g/mol. The molecule has 256 valence electrons. The molecule has 2 aliphatic heterocycles. The van der Waals surface area contributed by atoms with E-state index in [4.69, 9.17) is 0 Å². The van der Waals surface area contributed by atoms with Crippen LogP contribution in [0.25, 0.3) is 32.9 Å². The van der Waals surface area contributed by atoms with Crippen molar-refractivity contribution in [1.29, 1.82) is 0 Å².